The molecule has 0 spiro atoms. The van der Waals surface area contributed by atoms with E-state index in [0.717, 1.165) is 10.5 Å². The Hall–Kier alpha value is 1.06. The summed E-state index contributed by atoms with van der Waals surface area (Å²) in [6.07, 6.45) is 0. The van der Waals surface area contributed by atoms with Crippen LogP contribution in [0, 0.1) is 0 Å². The third kappa shape index (κ3) is 11.6. The van der Waals surface area contributed by atoms with Crippen LogP contribution >= 0.6 is 0 Å². The molecule has 0 saturated heterocycles. The van der Waals surface area contributed by atoms with Gasteiger partial charge in [0, 0.05) is 33.3 Å². The van der Waals surface area contributed by atoms with Crippen molar-refractivity contribution in [3.63, 3.8) is 0 Å². The van der Waals surface area contributed by atoms with Crippen molar-refractivity contribution < 1.29 is 4.43 Å². The average Bonchev–Trinajstić information content (AvgIpc) is 0.918. The summed E-state index contributed by atoms with van der Waals surface area (Å²) in [7, 11) is 2.56. The van der Waals surface area contributed by atoms with Gasteiger partial charge in [0.1, 0.15) is 10.5 Å². The van der Waals surface area contributed by atoms with Gasteiger partial charge in [-0.1, -0.05) is 0 Å². The zero-order valence-corrected chi connectivity index (χ0v) is 8.33. The number of rotatable bonds is 0. The van der Waals surface area contributed by atoms with Gasteiger partial charge in [0.15, 0.2) is 0 Å². The van der Waals surface area contributed by atoms with Crippen LogP contribution < -0.4 is 0 Å². The number of hydrogen-bond donors (Lipinski definition) is 0. The second-order valence-corrected chi connectivity index (χ2v) is 1.22. The van der Waals surface area contributed by atoms with E-state index in [1.807, 2.05) is 0 Å². The largest absolute Gasteiger partial charge is 0.431 e. The summed E-state index contributed by atoms with van der Waals surface area (Å²) in [6.45, 7) is 0. The fourth-order valence-corrected chi connectivity index (χ4v) is 0. The smallest absolute Gasteiger partial charge is 0.145 e. The molecule has 25 valence electrons. The molecule has 0 aromatic heterocycles. The third-order valence-corrected chi connectivity index (χ3v) is 0. The van der Waals surface area contributed by atoms with E-state index in [9.17, 15) is 0 Å². The third-order valence-electron chi connectivity index (χ3n) is 0. The van der Waals surface area contributed by atoms with E-state index in [1.54, 1.807) is 7.11 Å². The second-order valence-electron chi connectivity index (χ2n) is 0.408. The molecule has 0 amide bonds. The van der Waals surface area contributed by atoms with Gasteiger partial charge in [-0.05, 0) is 0 Å². The van der Waals surface area contributed by atoms with Gasteiger partial charge in [0.2, 0.25) is 0 Å². The molecular formula is CH6BiOSi. The van der Waals surface area contributed by atoms with E-state index < -0.39 is 0 Å². The molecule has 0 aromatic rings. The zero-order chi connectivity index (χ0) is 2.71. The Morgan fingerprint density at radius 2 is 1.75 bits per heavy atom. The number of hydrogen-bond acceptors (Lipinski definition) is 1. The van der Waals surface area contributed by atoms with Gasteiger partial charge in [0.25, 0.3) is 0 Å². The molecule has 0 aliphatic heterocycles. The van der Waals surface area contributed by atoms with Gasteiger partial charge < -0.3 is 4.43 Å². The molecule has 0 rings (SSSR count). The topological polar surface area (TPSA) is 9.23 Å². The van der Waals surface area contributed by atoms with Crippen LogP contribution in [-0.2, 0) is 4.43 Å². The van der Waals surface area contributed by atoms with Gasteiger partial charge in [0.05, 0.1) is 0 Å². The zero-order valence-electron chi connectivity index (χ0n) is 2.86. The molecule has 0 aliphatic rings. The Kier molecular flexibility index (Phi) is 19.9. The fourth-order valence-electron chi connectivity index (χ4n) is 0. The first-order valence-corrected chi connectivity index (χ1v) is 1.63. The first-order valence-electron chi connectivity index (χ1n) is 0.816. The maximum absolute atomic E-state index is 4.39. The van der Waals surface area contributed by atoms with Crippen LogP contribution in [0.3, 0.4) is 0 Å². The van der Waals surface area contributed by atoms with Crippen LogP contribution in [0.25, 0.3) is 0 Å². The van der Waals surface area contributed by atoms with Crippen LogP contribution in [0.5, 0.6) is 0 Å². The quantitative estimate of drug-likeness (QED) is 0.489. The second kappa shape index (κ2) is 8.96. The Morgan fingerprint density at radius 1 is 1.75 bits per heavy atom. The molecular weight excluding hydrogens is 265 g/mol. The maximum Gasteiger partial charge on any atom is 0.145 e. The van der Waals surface area contributed by atoms with Crippen molar-refractivity contribution in [1.82, 2.24) is 0 Å². The molecule has 1 nitrogen and oxygen atoms in total. The summed E-state index contributed by atoms with van der Waals surface area (Å²) >= 11 is 0. The van der Waals surface area contributed by atoms with Crippen molar-refractivity contribution in [3.8, 4) is 0 Å². The Balaban J connectivity index is 0. The minimum absolute atomic E-state index is 0. The van der Waals surface area contributed by atoms with Crippen LogP contribution in [0.1, 0.15) is 0 Å². The van der Waals surface area contributed by atoms with Gasteiger partial charge in [-0.3, -0.25) is 0 Å². The monoisotopic (exact) mass is 271 g/mol. The molecule has 0 aliphatic carbocycles. The average molecular weight is 271 g/mol. The van der Waals surface area contributed by atoms with E-state index in [4.69, 9.17) is 0 Å². The normalized spacial score (nSPS) is 5.25. The Labute approximate surface area is 48.4 Å². The summed E-state index contributed by atoms with van der Waals surface area (Å²) in [5.74, 6) is 0. The van der Waals surface area contributed by atoms with Gasteiger partial charge >= 0.3 is 0 Å². The summed E-state index contributed by atoms with van der Waals surface area (Å²) in [6, 6.07) is 0. The van der Waals surface area contributed by atoms with Gasteiger partial charge in [-0.25, -0.2) is 0 Å². The first-order chi connectivity index (χ1) is 1.41. The van der Waals surface area contributed by atoms with Crippen LogP contribution in [0.15, 0.2) is 0 Å². The molecule has 0 aromatic carbocycles. The molecule has 0 saturated carbocycles. The SMILES string of the molecule is CO[SiH3].[Bi]. The van der Waals surface area contributed by atoms with Crippen molar-refractivity contribution >= 4 is 36.7 Å². The van der Waals surface area contributed by atoms with Crippen molar-refractivity contribution in [3.05, 3.63) is 0 Å². The first kappa shape index (κ1) is 8.91. The predicted molar refractivity (Wildman–Crippen MR) is 22.7 cm³/mol. The summed E-state index contributed by atoms with van der Waals surface area (Å²) < 4.78 is 4.39. The molecule has 0 N–H and O–H groups in total. The van der Waals surface area contributed by atoms with E-state index in [1.165, 1.54) is 0 Å². The summed E-state index contributed by atoms with van der Waals surface area (Å²) in [4.78, 5) is 0. The van der Waals surface area contributed by atoms with Crippen LogP contribution in [-0.4, -0.2) is 43.8 Å². The molecule has 0 heterocycles. The van der Waals surface area contributed by atoms with Crippen molar-refractivity contribution in [2.75, 3.05) is 7.11 Å². The standard InChI is InChI=1S/CH6OSi.Bi/c1-2-3;/h1,3H3;. The Morgan fingerprint density at radius 3 is 1.75 bits per heavy atom. The minimum atomic E-state index is 0. The van der Waals surface area contributed by atoms with Crippen molar-refractivity contribution in [1.29, 1.82) is 0 Å². The maximum atomic E-state index is 4.39. The van der Waals surface area contributed by atoms with E-state index in [0.29, 0.717) is 0 Å². The molecule has 0 atom stereocenters. The molecule has 0 unspecified atom stereocenters. The minimum Gasteiger partial charge on any atom is -0.431 e. The van der Waals surface area contributed by atoms with Gasteiger partial charge in [-0.2, -0.15) is 0 Å². The van der Waals surface area contributed by atoms with Crippen LogP contribution in [0.2, 0.25) is 0 Å². The molecule has 0 bridgehead atoms. The Bertz CT molecular complexity index is 8.00. The van der Waals surface area contributed by atoms with Gasteiger partial charge in [-0.15, -0.1) is 0 Å². The van der Waals surface area contributed by atoms with E-state index in [2.05, 4.69) is 4.43 Å². The van der Waals surface area contributed by atoms with Crippen LogP contribution in [0.4, 0.5) is 0 Å². The summed E-state index contributed by atoms with van der Waals surface area (Å²) in [5, 5.41) is 0. The van der Waals surface area contributed by atoms with E-state index >= 15 is 0 Å². The predicted octanol–water partition coefficient (Wildman–Crippen LogP) is -1.47. The fraction of sp³-hybridized carbons (Fsp3) is 1.00. The molecule has 3 heteroatoms. The molecule has 3 radical (unpaired) electrons. The molecule has 0 fully saturated rings. The molecule has 4 heavy (non-hydrogen) atoms. The van der Waals surface area contributed by atoms with Crippen molar-refractivity contribution in [2.24, 2.45) is 0 Å². The van der Waals surface area contributed by atoms with E-state index in [-0.39, 0.29) is 26.2 Å². The summed E-state index contributed by atoms with van der Waals surface area (Å²) in [5.41, 5.74) is 0. The van der Waals surface area contributed by atoms with Crippen molar-refractivity contribution in [2.45, 2.75) is 0 Å².